The number of halogens is 2. The smallest absolute Gasteiger partial charge is 0.253 e. The summed E-state index contributed by atoms with van der Waals surface area (Å²) < 4.78 is 13.9. The molecular weight excluding hydrogens is 339 g/mol. The van der Waals surface area contributed by atoms with Crippen molar-refractivity contribution in [2.24, 2.45) is 5.92 Å². The molecule has 1 aromatic rings. The van der Waals surface area contributed by atoms with Crippen LogP contribution in [0.5, 0.6) is 0 Å². The second kappa shape index (κ2) is 5.75. The molecule has 0 spiro atoms. The molecule has 2 heterocycles. The number of likely N-dealkylation sites (tertiary alicyclic amines) is 1. The maximum absolute atomic E-state index is 13.6. The molecule has 2 fully saturated rings. The van der Waals surface area contributed by atoms with Gasteiger partial charge in [-0.15, -0.1) is 0 Å². The van der Waals surface area contributed by atoms with Gasteiger partial charge in [0.1, 0.15) is 5.82 Å². The van der Waals surface area contributed by atoms with Crippen LogP contribution in [0.4, 0.5) is 4.39 Å². The van der Waals surface area contributed by atoms with E-state index in [0.29, 0.717) is 35.5 Å². The Kier molecular flexibility index (Phi) is 3.97. The Balaban J connectivity index is 1.71. The van der Waals surface area contributed by atoms with E-state index >= 15 is 0 Å². The fraction of sp³-hybridized carbons (Fsp3) is 0.467. The number of nitrogens with one attached hydrogen (secondary N) is 1. The van der Waals surface area contributed by atoms with Gasteiger partial charge in [0.05, 0.1) is 4.47 Å². The van der Waals surface area contributed by atoms with E-state index in [1.165, 1.54) is 6.07 Å². The van der Waals surface area contributed by atoms with Crippen LogP contribution < -0.4 is 5.32 Å². The lowest BCUT2D eigenvalue weighted by molar-refractivity contribution is -0.125. The first kappa shape index (κ1) is 14.5. The van der Waals surface area contributed by atoms with Gasteiger partial charge in [0, 0.05) is 31.1 Å². The van der Waals surface area contributed by atoms with Crippen molar-refractivity contribution >= 4 is 27.7 Å². The van der Waals surface area contributed by atoms with Crippen molar-refractivity contribution in [1.29, 1.82) is 0 Å². The number of benzene rings is 1. The molecule has 0 aromatic heterocycles. The van der Waals surface area contributed by atoms with Gasteiger partial charge in [0.2, 0.25) is 5.91 Å². The molecule has 112 valence electrons. The average Bonchev–Trinajstić information content (AvgIpc) is 2.49. The molecule has 4 nitrogen and oxygen atoms in total. The van der Waals surface area contributed by atoms with Crippen LogP contribution in [0.1, 0.15) is 29.6 Å². The Hall–Kier alpha value is -1.43. The quantitative estimate of drug-likeness (QED) is 0.841. The lowest BCUT2D eigenvalue weighted by atomic mass is 9.85. The minimum atomic E-state index is -0.430. The number of amides is 2. The maximum atomic E-state index is 13.6. The predicted molar refractivity (Wildman–Crippen MR) is 79.3 cm³/mol. The molecule has 3 rings (SSSR count). The molecule has 2 aliphatic heterocycles. The number of rotatable bonds is 1. The fourth-order valence-electron chi connectivity index (χ4n) is 3.11. The van der Waals surface area contributed by atoms with E-state index in [0.717, 1.165) is 12.8 Å². The van der Waals surface area contributed by atoms with Crippen molar-refractivity contribution in [2.75, 3.05) is 13.1 Å². The van der Waals surface area contributed by atoms with Crippen molar-refractivity contribution in [3.8, 4) is 0 Å². The summed E-state index contributed by atoms with van der Waals surface area (Å²) in [5, 5.41) is 2.99. The van der Waals surface area contributed by atoms with E-state index < -0.39 is 5.82 Å². The summed E-state index contributed by atoms with van der Waals surface area (Å²) in [6.45, 7) is 1.22. The zero-order chi connectivity index (χ0) is 15.0. The van der Waals surface area contributed by atoms with Gasteiger partial charge in [0.15, 0.2) is 0 Å². The summed E-state index contributed by atoms with van der Waals surface area (Å²) in [4.78, 5) is 25.6. The van der Waals surface area contributed by atoms with Crippen LogP contribution in [0, 0.1) is 11.7 Å². The van der Waals surface area contributed by atoms with Gasteiger partial charge < -0.3 is 10.2 Å². The van der Waals surface area contributed by atoms with Gasteiger partial charge in [-0.1, -0.05) is 0 Å². The van der Waals surface area contributed by atoms with Crippen molar-refractivity contribution < 1.29 is 14.0 Å². The third-order valence-corrected chi connectivity index (χ3v) is 4.92. The van der Waals surface area contributed by atoms with E-state index in [4.69, 9.17) is 0 Å². The van der Waals surface area contributed by atoms with Gasteiger partial charge in [-0.3, -0.25) is 9.59 Å². The lowest BCUT2D eigenvalue weighted by Crippen LogP contribution is -2.55. The molecule has 2 saturated heterocycles. The first-order chi connectivity index (χ1) is 10.0. The Morgan fingerprint density at radius 1 is 1.38 bits per heavy atom. The summed E-state index contributed by atoms with van der Waals surface area (Å²) in [6.07, 6.45) is 2.10. The third-order valence-electron chi connectivity index (χ3n) is 4.28. The van der Waals surface area contributed by atoms with Crippen LogP contribution in [-0.4, -0.2) is 35.8 Å². The van der Waals surface area contributed by atoms with Crippen LogP contribution in [0.25, 0.3) is 0 Å². The normalized spacial score (nSPS) is 25.2. The third kappa shape index (κ3) is 2.95. The number of piperidine rings is 2. The maximum Gasteiger partial charge on any atom is 0.253 e. The summed E-state index contributed by atoms with van der Waals surface area (Å²) in [5.41, 5.74) is 0.369. The van der Waals surface area contributed by atoms with E-state index in [9.17, 15) is 14.0 Å². The van der Waals surface area contributed by atoms with Crippen LogP contribution in [0.15, 0.2) is 22.7 Å². The first-order valence-corrected chi connectivity index (χ1v) is 7.87. The zero-order valence-corrected chi connectivity index (χ0v) is 13.0. The molecule has 1 aromatic carbocycles. The summed E-state index contributed by atoms with van der Waals surface area (Å²) >= 11 is 3.09. The van der Waals surface area contributed by atoms with Gasteiger partial charge in [0.25, 0.3) is 5.91 Å². The highest BCUT2D eigenvalue weighted by molar-refractivity contribution is 9.10. The highest BCUT2D eigenvalue weighted by atomic mass is 79.9. The Morgan fingerprint density at radius 2 is 2.19 bits per heavy atom. The average molecular weight is 355 g/mol. The van der Waals surface area contributed by atoms with Gasteiger partial charge >= 0.3 is 0 Å². The van der Waals surface area contributed by atoms with Gasteiger partial charge in [-0.2, -0.15) is 0 Å². The summed E-state index contributed by atoms with van der Waals surface area (Å²) in [6, 6.07) is 4.62. The first-order valence-electron chi connectivity index (χ1n) is 7.08. The number of hydrogen-bond donors (Lipinski definition) is 1. The van der Waals surface area contributed by atoms with Crippen molar-refractivity contribution in [1.82, 2.24) is 10.2 Å². The predicted octanol–water partition coefficient (Wildman–Crippen LogP) is 2.33. The number of hydrogen-bond acceptors (Lipinski definition) is 2. The molecule has 2 aliphatic rings. The molecule has 0 aliphatic carbocycles. The largest absolute Gasteiger partial charge is 0.353 e. The second-order valence-electron chi connectivity index (χ2n) is 5.64. The minimum absolute atomic E-state index is 0.103. The number of carbonyl (C=O) groups is 2. The van der Waals surface area contributed by atoms with E-state index in [-0.39, 0.29) is 17.9 Å². The standard InChI is InChI=1S/C15H16BrFN2O2/c16-11-3-1-9(7-12(11)17)15(21)19-6-5-13-10(8-19)2-4-14(20)18-13/h1,3,7,10,13H,2,4-6,8H2,(H,18,20). The van der Waals surface area contributed by atoms with E-state index in [1.807, 2.05) is 0 Å². The zero-order valence-electron chi connectivity index (χ0n) is 11.4. The number of carbonyl (C=O) groups excluding carboxylic acids is 2. The van der Waals surface area contributed by atoms with Crippen molar-refractivity contribution in [3.63, 3.8) is 0 Å². The molecule has 6 heteroatoms. The Labute approximate surface area is 130 Å². The van der Waals surface area contributed by atoms with E-state index in [2.05, 4.69) is 21.2 Å². The van der Waals surface area contributed by atoms with Crippen molar-refractivity contribution in [3.05, 3.63) is 34.1 Å². The second-order valence-corrected chi connectivity index (χ2v) is 6.50. The Bertz CT molecular complexity index is 593. The van der Waals surface area contributed by atoms with Crippen LogP contribution >= 0.6 is 15.9 Å². The highest BCUT2D eigenvalue weighted by Crippen LogP contribution is 2.26. The summed E-state index contributed by atoms with van der Waals surface area (Å²) in [7, 11) is 0. The van der Waals surface area contributed by atoms with E-state index in [1.54, 1.807) is 17.0 Å². The molecular formula is C15H16BrFN2O2. The topological polar surface area (TPSA) is 49.4 Å². The van der Waals surface area contributed by atoms with Gasteiger partial charge in [-0.25, -0.2) is 4.39 Å². The molecule has 2 atom stereocenters. The number of nitrogens with zero attached hydrogens (tertiary/aromatic N) is 1. The van der Waals surface area contributed by atoms with Crippen molar-refractivity contribution in [2.45, 2.75) is 25.3 Å². The molecule has 21 heavy (non-hydrogen) atoms. The van der Waals surface area contributed by atoms with Crippen LogP contribution in [-0.2, 0) is 4.79 Å². The van der Waals surface area contributed by atoms with Crippen LogP contribution in [0.2, 0.25) is 0 Å². The minimum Gasteiger partial charge on any atom is -0.353 e. The van der Waals surface area contributed by atoms with Crippen LogP contribution in [0.3, 0.4) is 0 Å². The molecule has 1 N–H and O–H groups in total. The number of fused-ring (bicyclic) bond motifs is 1. The SMILES string of the molecule is O=C1CCC2CN(C(=O)c3ccc(Br)c(F)c3)CCC2N1. The fourth-order valence-corrected chi connectivity index (χ4v) is 3.35. The monoisotopic (exact) mass is 354 g/mol. The highest BCUT2D eigenvalue weighted by Gasteiger charge is 2.35. The molecule has 0 radical (unpaired) electrons. The lowest BCUT2D eigenvalue weighted by Gasteiger charge is -2.41. The molecule has 2 amide bonds. The molecule has 2 unspecified atom stereocenters. The molecule has 0 saturated carbocycles. The Morgan fingerprint density at radius 3 is 2.95 bits per heavy atom. The molecule has 0 bridgehead atoms. The summed E-state index contributed by atoms with van der Waals surface area (Å²) in [5.74, 6) is -0.163. The van der Waals surface area contributed by atoms with Gasteiger partial charge in [-0.05, 0) is 52.9 Å².